The number of methoxy groups -OCH3 is 2. The molecule has 0 unspecified atom stereocenters. The molecule has 35 heavy (non-hydrogen) atoms. The first-order valence-electron chi connectivity index (χ1n) is 11.1. The summed E-state index contributed by atoms with van der Waals surface area (Å²) in [5.74, 6) is 1.18. The van der Waals surface area contributed by atoms with Crippen molar-refractivity contribution in [2.75, 3.05) is 24.3 Å². The zero-order chi connectivity index (χ0) is 24.7. The number of allylic oxidation sites excluding steroid dienone is 2. The van der Waals surface area contributed by atoms with Gasteiger partial charge in [0.25, 0.3) is 10.0 Å². The van der Waals surface area contributed by atoms with Gasteiger partial charge in [0.15, 0.2) is 0 Å². The van der Waals surface area contributed by atoms with Gasteiger partial charge in [-0.2, -0.15) is 0 Å². The van der Waals surface area contributed by atoms with E-state index >= 15 is 0 Å². The summed E-state index contributed by atoms with van der Waals surface area (Å²) in [4.78, 5) is 0.171. The van der Waals surface area contributed by atoms with Crippen LogP contribution in [0.25, 0.3) is 0 Å². The SMILES string of the molecule is COc1ccc(OC)c(NS(=O)(=O)c2ccc3c(c2)[C@H]2C=CC[C@H]2[C@@H](c2ccc(Cl)cc2Cl)N3)c1. The van der Waals surface area contributed by atoms with Gasteiger partial charge in [-0.25, -0.2) is 8.42 Å². The number of halogens is 2. The summed E-state index contributed by atoms with van der Waals surface area (Å²) >= 11 is 12.6. The Kier molecular flexibility index (Phi) is 6.34. The van der Waals surface area contributed by atoms with Crippen molar-refractivity contribution in [1.82, 2.24) is 0 Å². The number of sulfonamides is 1. The number of hydrogen-bond acceptors (Lipinski definition) is 5. The van der Waals surface area contributed by atoms with Gasteiger partial charge < -0.3 is 14.8 Å². The minimum atomic E-state index is -3.88. The molecule has 0 saturated carbocycles. The second kappa shape index (κ2) is 9.30. The van der Waals surface area contributed by atoms with Crippen LogP contribution in [0.3, 0.4) is 0 Å². The van der Waals surface area contributed by atoms with Crippen molar-refractivity contribution in [3.8, 4) is 11.5 Å². The van der Waals surface area contributed by atoms with Crippen LogP contribution in [0.5, 0.6) is 11.5 Å². The predicted octanol–water partition coefficient (Wildman–Crippen LogP) is 6.64. The minimum absolute atomic E-state index is 0.0195. The molecule has 9 heteroatoms. The number of anilines is 2. The fourth-order valence-electron chi connectivity index (χ4n) is 4.90. The van der Waals surface area contributed by atoms with E-state index < -0.39 is 10.0 Å². The van der Waals surface area contributed by atoms with Crippen LogP contribution in [0.4, 0.5) is 11.4 Å². The highest BCUT2D eigenvalue weighted by atomic mass is 35.5. The van der Waals surface area contributed by atoms with E-state index in [1.54, 1.807) is 36.4 Å². The summed E-state index contributed by atoms with van der Waals surface area (Å²) in [6.07, 6.45) is 5.15. The van der Waals surface area contributed by atoms with E-state index in [-0.39, 0.29) is 22.8 Å². The van der Waals surface area contributed by atoms with E-state index in [1.165, 1.54) is 14.2 Å². The van der Waals surface area contributed by atoms with Gasteiger partial charge in [0.2, 0.25) is 0 Å². The van der Waals surface area contributed by atoms with Gasteiger partial charge in [-0.05, 0) is 65.9 Å². The highest BCUT2D eigenvalue weighted by Gasteiger charge is 2.39. The lowest BCUT2D eigenvalue weighted by molar-refractivity contribution is 0.405. The summed E-state index contributed by atoms with van der Waals surface area (Å²) in [5.41, 5.74) is 3.10. The molecule has 0 saturated heterocycles. The third-order valence-electron chi connectivity index (χ3n) is 6.59. The number of rotatable bonds is 6. The molecule has 5 rings (SSSR count). The Bertz CT molecular complexity index is 1420. The monoisotopic (exact) mass is 530 g/mol. The van der Waals surface area contributed by atoms with Crippen molar-refractivity contribution >= 4 is 44.6 Å². The summed E-state index contributed by atoms with van der Waals surface area (Å²) < 4.78 is 39.9. The number of nitrogens with one attached hydrogen (secondary N) is 2. The van der Waals surface area contributed by atoms with Crippen LogP contribution < -0.4 is 19.5 Å². The molecule has 2 aliphatic rings. The Hall–Kier alpha value is -2.87. The van der Waals surface area contributed by atoms with Gasteiger partial charge in [-0.1, -0.05) is 41.4 Å². The van der Waals surface area contributed by atoms with Crippen molar-refractivity contribution in [2.45, 2.75) is 23.3 Å². The smallest absolute Gasteiger partial charge is 0.262 e. The highest BCUT2D eigenvalue weighted by Crippen LogP contribution is 2.51. The summed E-state index contributed by atoms with van der Waals surface area (Å²) in [6, 6.07) is 15.6. The quantitative estimate of drug-likeness (QED) is 0.349. The number of fused-ring (bicyclic) bond motifs is 3. The molecule has 0 fully saturated rings. The van der Waals surface area contributed by atoms with Crippen LogP contribution in [-0.4, -0.2) is 22.6 Å². The van der Waals surface area contributed by atoms with Gasteiger partial charge in [0, 0.05) is 27.7 Å². The lowest BCUT2D eigenvalue weighted by atomic mass is 9.77. The molecular weight excluding hydrogens is 507 g/mol. The molecular formula is C26H24Cl2N2O4S. The van der Waals surface area contributed by atoms with Gasteiger partial charge in [-0.15, -0.1) is 0 Å². The molecule has 0 amide bonds. The van der Waals surface area contributed by atoms with Gasteiger partial charge in [0.1, 0.15) is 11.5 Å². The van der Waals surface area contributed by atoms with Crippen LogP contribution >= 0.6 is 23.2 Å². The third kappa shape index (κ3) is 4.44. The molecule has 182 valence electrons. The van der Waals surface area contributed by atoms with Crippen LogP contribution in [0, 0.1) is 5.92 Å². The summed E-state index contributed by atoms with van der Waals surface area (Å²) in [7, 11) is -0.877. The van der Waals surface area contributed by atoms with Crippen LogP contribution in [0.15, 0.2) is 71.6 Å². The minimum Gasteiger partial charge on any atom is -0.497 e. The largest absolute Gasteiger partial charge is 0.497 e. The Labute approximate surface area is 214 Å². The van der Waals surface area contributed by atoms with Crippen molar-refractivity contribution in [1.29, 1.82) is 0 Å². The van der Waals surface area contributed by atoms with E-state index in [0.29, 0.717) is 27.2 Å². The van der Waals surface area contributed by atoms with Crippen molar-refractivity contribution in [2.24, 2.45) is 5.92 Å². The molecule has 0 bridgehead atoms. The van der Waals surface area contributed by atoms with Crippen molar-refractivity contribution in [3.05, 3.63) is 87.9 Å². The fraction of sp³-hybridized carbons (Fsp3) is 0.231. The van der Waals surface area contributed by atoms with E-state index in [2.05, 4.69) is 22.2 Å². The summed E-state index contributed by atoms with van der Waals surface area (Å²) in [6.45, 7) is 0. The highest BCUT2D eigenvalue weighted by molar-refractivity contribution is 7.92. The van der Waals surface area contributed by atoms with E-state index in [4.69, 9.17) is 32.7 Å². The van der Waals surface area contributed by atoms with Crippen LogP contribution in [0.2, 0.25) is 10.0 Å². The first-order chi connectivity index (χ1) is 16.8. The zero-order valence-corrected chi connectivity index (χ0v) is 21.4. The molecule has 2 N–H and O–H groups in total. The maximum absolute atomic E-state index is 13.3. The standard InChI is InChI=1S/C26H24Cl2N2O4S/c1-33-16-7-11-25(34-2)24(13-16)30-35(31,32)17-8-10-23-21(14-17)18-4-3-5-19(18)26(29-23)20-9-6-15(27)12-22(20)28/h3-4,6-14,18-19,26,29-30H,5H2,1-2H3/t18-,19+,26-/m0/s1. The maximum Gasteiger partial charge on any atom is 0.262 e. The molecule has 0 radical (unpaired) electrons. The molecule has 0 spiro atoms. The first kappa shape index (κ1) is 23.9. The van der Waals surface area contributed by atoms with E-state index in [9.17, 15) is 8.42 Å². The average Bonchev–Trinajstić information content (AvgIpc) is 3.33. The number of hydrogen-bond donors (Lipinski definition) is 2. The molecule has 3 aromatic rings. The molecule has 3 atom stereocenters. The van der Waals surface area contributed by atoms with Gasteiger partial charge in [-0.3, -0.25) is 4.72 Å². The molecule has 1 heterocycles. The average molecular weight is 531 g/mol. The van der Waals surface area contributed by atoms with E-state index in [0.717, 1.165) is 23.2 Å². The van der Waals surface area contributed by atoms with Crippen molar-refractivity contribution in [3.63, 3.8) is 0 Å². The number of benzene rings is 3. The molecule has 3 aromatic carbocycles. The topological polar surface area (TPSA) is 76.7 Å². The Morgan fingerprint density at radius 3 is 2.54 bits per heavy atom. The normalized spacial score (nSPS) is 20.5. The van der Waals surface area contributed by atoms with E-state index in [1.807, 2.05) is 18.2 Å². The summed E-state index contributed by atoms with van der Waals surface area (Å²) in [5, 5.41) is 4.79. The fourth-order valence-corrected chi connectivity index (χ4v) is 6.52. The zero-order valence-electron chi connectivity index (χ0n) is 19.1. The molecule has 1 aliphatic carbocycles. The van der Waals surface area contributed by atoms with Gasteiger partial charge >= 0.3 is 0 Å². The maximum atomic E-state index is 13.3. The predicted molar refractivity (Wildman–Crippen MR) is 140 cm³/mol. The van der Waals surface area contributed by atoms with Gasteiger partial charge in [0.05, 0.1) is 30.8 Å². The lowest BCUT2D eigenvalue weighted by Gasteiger charge is -2.38. The third-order valence-corrected chi connectivity index (χ3v) is 8.52. The second-order valence-corrected chi connectivity index (χ2v) is 11.1. The first-order valence-corrected chi connectivity index (χ1v) is 13.3. The Balaban J connectivity index is 1.50. The molecule has 1 aliphatic heterocycles. The number of ether oxygens (including phenoxy) is 2. The van der Waals surface area contributed by atoms with Crippen molar-refractivity contribution < 1.29 is 17.9 Å². The second-order valence-electron chi connectivity index (χ2n) is 8.56. The Morgan fingerprint density at radius 2 is 1.80 bits per heavy atom. The molecule has 6 nitrogen and oxygen atoms in total. The van der Waals surface area contributed by atoms with Crippen LogP contribution in [-0.2, 0) is 10.0 Å². The van der Waals surface area contributed by atoms with Crippen LogP contribution in [0.1, 0.15) is 29.5 Å². The molecule has 0 aromatic heterocycles. The Morgan fingerprint density at radius 1 is 0.971 bits per heavy atom. The lowest BCUT2D eigenvalue weighted by Crippen LogP contribution is -2.29.